The van der Waals surface area contributed by atoms with Crippen molar-refractivity contribution in [1.29, 1.82) is 5.26 Å². The van der Waals surface area contributed by atoms with E-state index in [1.807, 2.05) is 41.8 Å². The van der Waals surface area contributed by atoms with Crippen molar-refractivity contribution in [2.75, 3.05) is 11.9 Å². The lowest BCUT2D eigenvalue weighted by Crippen LogP contribution is -2.15. The summed E-state index contributed by atoms with van der Waals surface area (Å²) in [7, 11) is 0. The molecule has 0 unspecified atom stereocenters. The van der Waals surface area contributed by atoms with E-state index < -0.39 is 5.97 Å². The minimum absolute atomic E-state index is 0.0645. The van der Waals surface area contributed by atoms with Crippen LogP contribution in [0.1, 0.15) is 11.3 Å². The standard InChI is InChI=1S/C19H15N3O3S/c20-10-14-6-4-5-9-17(14)24-12-18(23)25-11-16-13-26-19(22-16)21-15-7-2-1-3-8-15/h1-9,13H,11-12H2,(H,21,22). The van der Waals surface area contributed by atoms with Crippen LogP contribution in [-0.2, 0) is 16.1 Å². The number of nitriles is 1. The molecule has 0 bridgehead atoms. The quantitative estimate of drug-likeness (QED) is 0.640. The normalized spacial score (nSPS) is 9.96. The Labute approximate surface area is 154 Å². The molecule has 0 aliphatic heterocycles. The summed E-state index contributed by atoms with van der Waals surface area (Å²) in [6.07, 6.45) is 0. The second-order valence-corrected chi connectivity index (χ2v) is 6.05. The number of nitrogens with one attached hydrogen (secondary N) is 1. The molecule has 130 valence electrons. The number of hydrogen-bond donors (Lipinski definition) is 1. The number of carbonyl (C=O) groups is 1. The smallest absolute Gasteiger partial charge is 0.344 e. The molecule has 0 fully saturated rings. The van der Waals surface area contributed by atoms with Gasteiger partial charge in [0.25, 0.3) is 0 Å². The summed E-state index contributed by atoms with van der Waals surface area (Å²) < 4.78 is 10.5. The van der Waals surface area contributed by atoms with Crippen molar-refractivity contribution in [3.63, 3.8) is 0 Å². The lowest BCUT2D eigenvalue weighted by Gasteiger charge is -2.07. The van der Waals surface area contributed by atoms with E-state index in [0.717, 1.165) is 10.8 Å². The molecule has 0 saturated heterocycles. The summed E-state index contributed by atoms with van der Waals surface area (Å²) in [5.41, 5.74) is 1.96. The summed E-state index contributed by atoms with van der Waals surface area (Å²) in [5.74, 6) is -0.168. The van der Waals surface area contributed by atoms with E-state index in [2.05, 4.69) is 10.3 Å². The van der Waals surface area contributed by atoms with E-state index in [1.54, 1.807) is 24.3 Å². The minimum Gasteiger partial charge on any atom is -0.481 e. The molecule has 0 amide bonds. The van der Waals surface area contributed by atoms with Crippen LogP contribution in [0.15, 0.2) is 60.0 Å². The van der Waals surface area contributed by atoms with Gasteiger partial charge in [-0.25, -0.2) is 9.78 Å². The Kier molecular flexibility index (Phi) is 5.80. The molecule has 1 aromatic heterocycles. The van der Waals surface area contributed by atoms with Gasteiger partial charge in [0.1, 0.15) is 18.4 Å². The molecule has 1 N–H and O–H groups in total. The van der Waals surface area contributed by atoms with Gasteiger partial charge in [-0.05, 0) is 24.3 Å². The molecule has 0 aliphatic carbocycles. The molecule has 2 aromatic carbocycles. The van der Waals surface area contributed by atoms with Crippen LogP contribution >= 0.6 is 11.3 Å². The monoisotopic (exact) mass is 365 g/mol. The van der Waals surface area contributed by atoms with E-state index in [1.165, 1.54) is 11.3 Å². The molecule has 0 saturated carbocycles. The number of para-hydroxylation sites is 2. The maximum atomic E-state index is 11.8. The van der Waals surface area contributed by atoms with Crippen LogP contribution in [0.4, 0.5) is 10.8 Å². The van der Waals surface area contributed by atoms with Gasteiger partial charge in [0, 0.05) is 11.1 Å². The predicted octanol–water partition coefficient (Wildman–Crippen LogP) is 3.88. The van der Waals surface area contributed by atoms with Crippen molar-refractivity contribution < 1.29 is 14.3 Å². The maximum absolute atomic E-state index is 11.8. The Morgan fingerprint density at radius 3 is 2.73 bits per heavy atom. The number of carbonyl (C=O) groups excluding carboxylic acids is 1. The lowest BCUT2D eigenvalue weighted by molar-refractivity contribution is -0.147. The van der Waals surface area contributed by atoms with Crippen molar-refractivity contribution in [3.8, 4) is 11.8 Å². The first kappa shape index (κ1) is 17.5. The predicted molar refractivity (Wildman–Crippen MR) is 98.3 cm³/mol. The highest BCUT2D eigenvalue weighted by Crippen LogP contribution is 2.21. The van der Waals surface area contributed by atoms with Crippen LogP contribution in [0.25, 0.3) is 0 Å². The van der Waals surface area contributed by atoms with E-state index in [9.17, 15) is 4.79 Å². The second-order valence-electron chi connectivity index (χ2n) is 5.19. The summed E-state index contributed by atoms with van der Waals surface area (Å²) in [6.45, 7) is -0.201. The molecule has 0 aliphatic rings. The topological polar surface area (TPSA) is 84.2 Å². The number of nitrogens with zero attached hydrogens (tertiary/aromatic N) is 2. The third-order valence-corrected chi connectivity index (χ3v) is 4.12. The number of hydrogen-bond acceptors (Lipinski definition) is 7. The van der Waals surface area contributed by atoms with Gasteiger partial charge in [-0.1, -0.05) is 30.3 Å². The molecular weight excluding hydrogens is 350 g/mol. The number of esters is 1. The summed E-state index contributed by atoms with van der Waals surface area (Å²) in [4.78, 5) is 16.2. The first-order valence-electron chi connectivity index (χ1n) is 7.78. The number of ether oxygens (including phenoxy) is 2. The molecule has 26 heavy (non-hydrogen) atoms. The van der Waals surface area contributed by atoms with Crippen molar-refractivity contribution in [3.05, 3.63) is 71.2 Å². The van der Waals surface area contributed by atoms with Crippen LogP contribution in [-0.4, -0.2) is 17.6 Å². The van der Waals surface area contributed by atoms with Gasteiger partial charge >= 0.3 is 5.97 Å². The Hall–Kier alpha value is -3.37. The summed E-state index contributed by atoms with van der Waals surface area (Å²) >= 11 is 1.43. The lowest BCUT2D eigenvalue weighted by atomic mass is 10.2. The average molecular weight is 365 g/mol. The molecule has 1 heterocycles. The Morgan fingerprint density at radius 1 is 1.15 bits per heavy atom. The van der Waals surface area contributed by atoms with Crippen LogP contribution in [0, 0.1) is 11.3 Å². The zero-order chi connectivity index (χ0) is 18.2. The van der Waals surface area contributed by atoms with Gasteiger partial charge in [0.05, 0.1) is 11.3 Å². The van der Waals surface area contributed by atoms with Gasteiger partial charge in [-0.3, -0.25) is 0 Å². The zero-order valence-electron chi connectivity index (χ0n) is 13.7. The van der Waals surface area contributed by atoms with E-state index in [4.69, 9.17) is 14.7 Å². The fourth-order valence-electron chi connectivity index (χ4n) is 2.09. The fraction of sp³-hybridized carbons (Fsp3) is 0.105. The number of rotatable bonds is 7. The number of anilines is 2. The fourth-order valence-corrected chi connectivity index (χ4v) is 2.81. The van der Waals surface area contributed by atoms with Crippen molar-refractivity contribution in [2.45, 2.75) is 6.61 Å². The first-order chi connectivity index (χ1) is 12.7. The Morgan fingerprint density at radius 2 is 1.92 bits per heavy atom. The van der Waals surface area contributed by atoms with Gasteiger partial charge in [-0.2, -0.15) is 5.26 Å². The first-order valence-corrected chi connectivity index (χ1v) is 8.66. The highest BCUT2D eigenvalue weighted by molar-refractivity contribution is 7.13. The second kappa shape index (κ2) is 8.65. The van der Waals surface area contributed by atoms with Crippen LogP contribution < -0.4 is 10.1 Å². The van der Waals surface area contributed by atoms with Crippen LogP contribution in [0.2, 0.25) is 0 Å². The third-order valence-electron chi connectivity index (χ3n) is 3.31. The Balaban J connectivity index is 1.47. The molecular formula is C19H15N3O3S. The molecule has 0 radical (unpaired) electrons. The molecule has 3 rings (SSSR count). The van der Waals surface area contributed by atoms with Crippen LogP contribution in [0.3, 0.4) is 0 Å². The summed E-state index contributed by atoms with van der Waals surface area (Å²) in [5, 5.41) is 14.7. The third kappa shape index (κ3) is 4.82. The molecule has 3 aromatic rings. The van der Waals surface area contributed by atoms with Gasteiger partial charge < -0.3 is 14.8 Å². The van der Waals surface area contributed by atoms with E-state index >= 15 is 0 Å². The number of benzene rings is 2. The maximum Gasteiger partial charge on any atom is 0.344 e. The van der Waals surface area contributed by atoms with Gasteiger partial charge in [0.2, 0.25) is 0 Å². The van der Waals surface area contributed by atoms with Gasteiger partial charge in [0.15, 0.2) is 11.7 Å². The van der Waals surface area contributed by atoms with E-state index in [-0.39, 0.29) is 13.2 Å². The highest BCUT2D eigenvalue weighted by atomic mass is 32.1. The molecule has 7 heteroatoms. The summed E-state index contributed by atoms with van der Waals surface area (Å²) in [6, 6.07) is 18.4. The molecule has 0 spiro atoms. The Bertz CT molecular complexity index is 919. The number of aromatic nitrogens is 1. The molecule has 6 nitrogen and oxygen atoms in total. The molecule has 0 atom stereocenters. The van der Waals surface area contributed by atoms with Gasteiger partial charge in [-0.15, -0.1) is 11.3 Å². The zero-order valence-corrected chi connectivity index (χ0v) is 14.5. The van der Waals surface area contributed by atoms with Crippen molar-refractivity contribution in [1.82, 2.24) is 4.98 Å². The average Bonchev–Trinajstić information content (AvgIpc) is 3.13. The number of thiazole rings is 1. The SMILES string of the molecule is N#Cc1ccccc1OCC(=O)OCc1csc(Nc2ccccc2)n1. The van der Waals surface area contributed by atoms with E-state index in [0.29, 0.717) is 17.0 Å². The van der Waals surface area contributed by atoms with Crippen LogP contribution in [0.5, 0.6) is 5.75 Å². The van der Waals surface area contributed by atoms with Crippen molar-refractivity contribution >= 4 is 28.1 Å². The largest absolute Gasteiger partial charge is 0.481 e. The highest BCUT2D eigenvalue weighted by Gasteiger charge is 2.09. The minimum atomic E-state index is -0.525. The van der Waals surface area contributed by atoms with Crippen molar-refractivity contribution in [2.24, 2.45) is 0 Å².